The summed E-state index contributed by atoms with van der Waals surface area (Å²) in [5.74, 6) is 0.742. The number of furan rings is 1. The lowest BCUT2D eigenvalue weighted by Crippen LogP contribution is -2.46. The maximum Gasteiger partial charge on any atom is 0.232 e. The standard InChI is InChI=1S/C24H21FN2O4/c25-16-3-5-17(6-4-16)27-11-9-26(10-12-27)15-20-21(28)8-7-19-23(29)22(31-24(19)20)14-18-2-1-13-30-18/h1-8,13-14,28H,9-12,15H2/b22-14-. The van der Waals surface area contributed by atoms with Gasteiger partial charge in [0.25, 0.3) is 0 Å². The van der Waals surface area contributed by atoms with Crippen LogP contribution in [0.25, 0.3) is 6.08 Å². The van der Waals surface area contributed by atoms with Crippen molar-refractivity contribution in [3.63, 3.8) is 0 Å². The van der Waals surface area contributed by atoms with Gasteiger partial charge in [-0.1, -0.05) is 0 Å². The molecule has 0 amide bonds. The average molecular weight is 420 g/mol. The molecule has 0 bridgehead atoms. The molecule has 1 saturated heterocycles. The Hall–Kier alpha value is -3.58. The lowest BCUT2D eigenvalue weighted by molar-refractivity contribution is 0.101. The maximum atomic E-state index is 13.2. The van der Waals surface area contributed by atoms with E-state index < -0.39 is 0 Å². The third-order valence-corrected chi connectivity index (χ3v) is 5.68. The predicted octanol–water partition coefficient (Wildman–Crippen LogP) is 4.06. The number of phenolic OH excluding ortho intramolecular Hbond substituents is 1. The number of rotatable bonds is 4. The predicted molar refractivity (Wildman–Crippen MR) is 114 cm³/mol. The van der Waals surface area contributed by atoms with Gasteiger partial charge < -0.3 is 19.2 Å². The molecule has 6 nitrogen and oxygen atoms in total. The molecular formula is C24H21FN2O4. The van der Waals surface area contributed by atoms with Crippen LogP contribution < -0.4 is 9.64 Å². The van der Waals surface area contributed by atoms with Crippen molar-refractivity contribution in [3.8, 4) is 11.5 Å². The molecule has 158 valence electrons. The lowest BCUT2D eigenvalue weighted by Gasteiger charge is -2.36. The van der Waals surface area contributed by atoms with Gasteiger partial charge in [-0.3, -0.25) is 9.69 Å². The highest BCUT2D eigenvalue weighted by Crippen LogP contribution is 2.40. The second kappa shape index (κ2) is 7.92. The van der Waals surface area contributed by atoms with Crippen molar-refractivity contribution in [1.82, 2.24) is 4.90 Å². The Labute approximate surface area is 178 Å². The van der Waals surface area contributed by atoms with Crippen molar-refractivity contribution >= 4 is 17.5 Å². The van der Waals surface area contributed by atoms with E-state index >= 15 is 0 Å². The van der Waals surface area contributed by atoms with E-state index in [9.17, 15) is 14.3 Å². The molecule has 0 unspecified atom stereocenters. The molecule has 3 aromatic rings. The normalized spacial score (nSPS) is 17.8. The Kier molecular flexibility index (Phi) is 4.95. The fourth-order valence-corrected chi connectivity index (χ4v) is 3.99. The van der Waals surface area contributed by atoms with Crippen molar-refractivity contribution < 1.29 is 23.4 Å². The van der Waals surface area contributed by atoms with Crippen LogP contribution in [0.3, 0.4) is 0 Å². The van der Waals surface area contributed by atoms with Crippen molar-refractivity contribution in [1.29, 1.82) is 0 Å². The van der Waals surface area contributed by atoms with E-state index in [1.807, 2.05) is 0 Å². The summed E-state index contributed by atoms with van der Waals surface area (Å²) in [6.45, 7) is 3.57. The second-order valence-electron chi connectivity index (χ2n) is 7.63. The summed E-state index contributed by atoms with van der Waals surface area (Å²) in [6.07, 6.45) is 3.09. The quantitative estimate of drug-likeness (QED) is 0.642. The largest absolute Gasteiger partial charge is 0.507 e. The molecule has 3 heterocycles. The summed E-state index contributed by atoms with van der Waals surface area (Å²) in [4.78, 5) is 17.1. The van der Waals surface area contributed by atoms with Gasteiger partial charge in [-0.15, -0.1) is 0 Å². The molecule has 0 radical (unpaired) electrons. The zero-order valence-electron chi connectivity index (χ0n) is 16.8. The molecule has 0 spiro atoms. The van der Waals surface area contributed by atoms with Crippen molar-refractivity contribution in [2.45, 2.75) is 6.54 Å². The monoisotopic (exact) mass is 420 g/mol. The fourth-order valence-electron chi connectivity index (χ4n) is 3.99. The molecule has 1 fully saturated rings. The average Bonchev–Trinajstić information content (AvgIpc) is 3.40. The van der Waals surface area contributed by atoms with E-state index in [2.05, 4.69) is 9.80 Å². The molecule has 2 aromatic carbocycles. The second-order valence-corrected chi connectivity index (χ2v) is 7.63. The van der Waals surface area contributed by atoms with Crippen LogP contribution in [0, 0.1) is 5.82 Å². The number of ketones is 1. The first-order valence-corrected chi connectivity index (χ1v) is 10.1. The Morgan fingerprint density at radius 3 is 2.52 bits per heavy atom. The number of carbonyl (C=O) groups excluding carboxylic acids is 1. The van der Waals surface area contributed by atoms with E-state index in [0.717, 1.165) is 31.9 Å². The van der Waals surface area contributed by atoms with Gasteiger partial charge in [-0.25, -0.2) is 4.39 Å². The summed E-state index contributed by atoms with van der Waals surface area (Å²) in [6, 6.07) is 13.1. The first-order chi connectivity index (χ1) is 15.1. The van der Waals surface area contributed by atoms with Crippen LogP contribution in [-0.2, 0) is 6.54 Å². The van der Waals surface area contributed by atoms with Gasteiger partial charge in [0.2, 0.25) is 5.78 Å². The van der Waals surface area contributed by atoms with Crippen molar-refractivity contribution in [2.24, 2.45) is 0 Å². The van der Waals surface area contributed by atoms with Gasteiger partial charge in [0, 0.05) is 44.5 Å². The molecule has 5 rings (SSSR count). The molecule has 2 aliphatic rings. The van der Waals surface area contributed by atoms with Gasteiger partial charge in [-0.2, -0.15) is 0 Å². The number of aromatic hydroxyl groups is 1. The zero-order valence-corrected chi connectivity index (χ0v) is 16.8. The molecule has 0 aliphatic carbocycles. The summed E-state index contributed by atoms with van der Waals surface area (Å²) in [5.41, 5.74) is 2.03. The molecule has 1 aromatic heterocycles. The molecule has 2 aliphatic heterocycles. The van der Waals surface area contributed by atoms with Gasteiger partial charge in [-0.05, 0) is 48.5 Å². The number of Topliss-reactive ketones (excluding diaryl/α,β-unsaturated/α-hetero) is 1. The first-order valence-electron chi connectivity index (χ1n) is 10.1. The summed E-state index contributed by atoms with van der Waals surface area (Å²) in [5, 5.41) is 10.5. The van der Waals surface area contributed by atoms with E-state index in [1.165, 1.54) is 18.4 Å². The van der Waals surface area contributed by atoms with E-state index in [-0.39, 0.29) is 23.1 Å². The highest BCUT2D eigenvalue weighted by atomic mass is 19.1. The Balaban J connectivity index is 1.32. The Morgan fingerprint density at radius 2 is 1.81 bits per heavy atom. The summed E-state index contributed by atoms with van der Waals surface area (Å²) in [7, 11) is 0. The highest BCUT2D eigenvalue weighted by molar-refractivity contribution is 6.14. The SMILES string of the molecule is O=C1/C(=C/c2ccco2)Oc2c1ccc(O)c2CN1CCN(c2ccc(F)cc2)CC1. The van der Waals surface area contributed by atoms with E-state index in [1.54, 1.807) is 42.5 Å². The van der Waals surface area contributed by atoms with Crippen molar-refractivity contribution in [3.05, 3.63) is 83.3 Å². The van der Waals surface area contributed by atoms with Gasteiger partial charge in [0.05, 0.1) is 17.4 Å². The number of ether oxygens (including phenoxy) is 1. The molecule has 1 N–H and O–H groups in total. The summed E-state index contributed by atoms with van der Waals surface area (Å²) < 4.78 is 24.3. The first kappa shape index (κ1) is 19.4. The van der Waals surface area contributed by atoms with Gasteiger partial charge >= 0.3 is 0 Å². The van der Waals surface area contributed by atoms with E-state index in [4.69, 9.17) is 9.15 Å². The van der Waals surface area contributed by atoms with Crippen LogP contribution in [0.5, 0.6) is 11.5 Å². The minimum absolute atomic E-state index is 0.103. The van der Waals surface area contributed by atoms with Crippen LogP contribution in [0.2, 0.25) is 0 Å². The van der Waals surface area contributed by atoms with Crippen molar-refractivity contribution in [2.75, 3.05) is 31.1 Å². The fraction of sp³-hybridized carbons (Fsp3) is 0.208. The number of phenols is 1. The molecule has 0 saturated carbocycles. The van der Waals surface area contributed by atoms with Crippen LogP contribution in [0.4, 0.5) is 10.1 Å². The number of carbonyl (C=O) groups is 1. The zero-order chi connectivity index (χ0) is 21.4. The number of halogens is 1. The smallest absolute Gasteiger partial charge is 0.232 e. The van der Waals surface area contributed by atoms with Crippen LogP contribution in [0.15, 0.2) is 65.0 Å². The number of anilines is 1. The highest BCUT2D eigenvalue weighted by Gasteiger charge is 2.32. The topological polar surface area (TPSA) is 66.2 Å². The number of piperazine rings is 1. The third-order valence-electron chi connectivity index (χ3n) is 5.68. The number of nitrogens with zero attached hydrogens (tertiary/aromatic N) is 2. The maximum absolute atomic E-state index is 13.2. The molecule has 31 heavy (non-hydrogen) atoms. The third kappa shape index (κ3) is 3.80. The minimum Gasteiger partial charge on any atom is -0.507 e. The Bertz CT molecular complexity index is 1130. The molecule has 7 heteroatoms. The number of fused-ring (bicyclic) bond motifs is 1. The minimum atomic E-state index is -0.245. The number of benzene rings is 2. The summed E-state index contributed by atoms with van der Waals surface area (Å²) >= 11 is 0. The van der Waals surface area contributed by atoms with Crippen LogP contribution in [0.1, 0.15) is 21.7 Å². The Morgan fingerprint density at radius 1 is 1.03 bits per heavy atom. The molecular weight excluding hydrogens is 399 g/mol. The van der Waals surface area contributed by atoms with Crippen LogP contribution in [-0.4, -0.2) is 42.0 Å². The number of hydrogen-bond acceptors (Lipinski definition) is 6. The molecule has 0 atom stereocenters. The lowest BCUT2D eigenvalue weighted by atomic mass is 10.0. The van der Waals surface area contributed by atoms with Gasteiger partial charge in [0.15, 0.2) is 5.76 Å². The number of allylic oxidation sites excluding steroid dienone is 1. The van der Waals surface area contributed by atoms with E-state index in [0.29, 0.717) is 29.2 Å². The number of hydrogen-bond donors (Lipinski definition) is 1. The van der Waals surface area contributed by atoms with Crippen LogP contribution >= 0.6 is 0 Å². The van der Waals surface area contributed by atoms with Gasteiger partial charge in [0.1, 0.15) is 23.1 Å².